The van der Waals surface area contributed by atoms with Crippen molar-refractivity contribution in [1.82, 2.24) is 10.2 Å². The summed E-state index contributed by atoms with van der Waals surface area (Å²) in [7, 11) is 0. The zero-order valence-corrected chi connectivity index (χ0v) is 10.7. The van der Waals surface area contributed by atoms with Gasteiger partial charge in [0.15, 0.2) is 0 Å². The van der Waals surface area contributed by atoms with Crippen LogP contribution in [0.3, 0.4) is 0 Å². The van der Waals surface area contributed by atoms with E-state index in [1.807, 2.05) is 0 Å². The Bertz CT molecular complexity index is 620. The van der Waals surface area contributed by atoms with E-state index in [1.54, 1.807) is 0 Å². The average Bonchev–Trinajstić information content (AvgIpc) is 2.83. The second-order valence-electron chi connectivity index (χ2n) is 4.35. The molecule has 0 aliphatic carbocycles. The van der Waals surface area contributed by atoms with E-state index in [9.17, 15) is 18.0 Å². The fourth-order valence-electron chi connectivity index (χ4n) is 1.66. The van der Waals surface area contributed by atoms with Gasteiger partial charge in [-0.3, -0.25) is 4.79 Å². The molecular formula is C13H11F3N2O3. The third kappa shape index (κ3) is 4.30. The maximum atomic E-state index is 12.4. The zero-order chi connectivity index (χ0) is 15.5. The van der Waals surface area contributed by atoms with Crippen molar-refractivity contribution in [2.75, 3.05) is 0 Å². The van der Waals surface area contributed by atoms with Crippen LogP contribution in [0, 0.1) is 0 Å². The molecule has 2 aromatic rings. The lowest BCUT2D eigenvalue weighted by atomic mass is 10.1. The van der Waals surface area contributed by atoms with Crippen molar-refractivity contribution in [3.8, 4) is 0 Å². The van der Waals surface area contributed by atoms with Crippen molar-refractivity contribution in [3.63, 3.8) is 0 Å². The Morgan fingerprint density at radius 3 is 2.33 bits per heavy atom. The normalized spacial score (nSPS) is 11.6. The van der Waals surface area contributed by atoms with Crippen LogP contribution in [0.5, 0.6) is 0 Å². The Kier molecular flexibility index (Phi) is 4.25. The number of carboxylic acids is 1. The summed E-state index contributed by atoms with van der Waals surface area (Å²) >= 11 is 0. The van der Waals surface area contributed by atoms with Crippen molar-refractivity contribution < 1.29 is 27.5 Å². The summed E-state index contributed by atoms with van der Waals surface area (Å²) in [5.74, 6) is -0.549. The van der Waals surface area contributed by atoms with E-state index >= 15 is 0 Å². The van der Waals surface area contributed by atoms with Crippen LogP contribution >= 0.6 is 0 Å². The Morgan fingerprint density at radius 1 is 1.14 bits per heavy atom. The molecule has 2 rings (SSSR count). The lowest BCUT2D eigenvalue weighted by Crippen LogP contribution is -2.04. The van der Waals surface area contributed by atoms with Crippen molar-refractivity contribution >= 4 is 5.97 Å². The first-order chi connectivity index (χ1) is 9.84. The van der Waals surface area contributed by atoms with Gasteiger partial charge in [0.1, 0.15) is 0 Å². The average molecular weight is 300 g/mol. The summed E-state index contributed by atoms with van der Waals surface area (Å²) in [6.45, 7) is 0. The molecule has 112 valence electrons. The number of aromatic nitrogens is 2. The van der Waals surface area contributed by atoms with Crippen LogP contribution in [0.15, 0.2) is 28.7 Å². The Morgan fingerprint density at radius 2 is 1.76 bits per heavy atom. The molecule has 8 heteroatoms. The molecule has 0 aliphatic heterocycles. The first-order valence-electron chi connectivity index (χ1n) is 6.04. The largest absolute Gasteiger partial charge is 0.481 e. The number of aliphatic carboxylic acids is 1. The van der Waals surface area contributed by atoms with E-state index in [0.717, 1.165) is 12.1 Å². The number of nitrogens with zero attached hydrogens (tertiary/aromatic N) is 2. The number of halogens is 3. The van der Waals surface area contributed by atoms with Gasteiger partial charge < -0.3 is 9.52 Å². The van der Waals surface area contributed by atoms with Gasteiger partial charge in [-0.25, -0.2) is 0 Å². The Balaban J connectivity index is 2.00. The molecule has 0 radical (unpaired) electrons. The van der Waals surface area contributed by atoms with Gasteiger partial charge in [-0.2, -0.15) is 13.2 Å². The van der Waals surface area contributed by atoms with Crippen molar-refractivity contribution in [1.29, 1.82) is 0 Å². The first-order valence-corrected chi connectivity index (χ1v) is 6.04. The molecular weight excluding hydrogens is 289 g/mol. The van der Waals surface area contributed by atoms with Crippen LogP contribution in [0.25, 0.3) is 0 Å². The van der Waals surface area contributed by atoms with Crippen LogP contribution in [-0.2, 0) is 23.8 Å². The smallest absolute Gasteiger partial charge is 0.416 e. The minimum Gasteiger partial charge on any atom is -0.481 e. The van der Waals surface area contributed by atoms with Gasteiger partial charge >= 0.3 is 12.1 Å². The molecule has 21 heavy (non-hydrogen) atoms. The summed E-state index contributed by atoms with van der Waals surface area (Å²) in [6, 6.07) is 4.64. The molecule has 1 heterocycles. The van der Waals surface area contributed by atoms with Crippen molar-refractivity contribution in [2.45, 2.75) is 25.4 Å². The van der Waals surface area contributed by atoms with E-state index in [0.29, 0.717) is 5.56 Å². The minimum absolute atomic E-state index is 0.120. The topological polar surface area (TPSA) is 76.2 Å². The summed E-state index contributed by atoms with van der Waals surface area (Å²) in [6.07, 6.45) is -4.18. The van der Waals surface area contributed by atoms with Gasteiger partial charge in [-0.05, 0) is 17.7 Å². The maximum absolute atomic E-state index is 12.4. The molecule has 0 aliphatic rings. The third-order valence-electron chi connectivity index (χ3n) is 2.70. The summed E-state index contributed by atoms with van der Waals surface area (Å²) in [4.78, 5) is 10.4. The van der Waals surface area contributed by atoms with Crippen LogP contribution in [-0.4, -0.2) is 21.3 Å². The molecule has 0 amide bonds. The molecule has 0 atom stereocenters. The van der Waals surface area contributed by atoms with Crippen molar-refractivity contribution in [2.24, 2.45) is 0 Å². The highest BCUT2D eigenvalue weighted by molar-refractivity contribution is 5.66. The van der Waals surface area contributed by atoms with E-state index in [4.69, 9.17) is 9.52 Å². The molecule has 1 aromatic carbocycles. The van der Waals surface area contributed by atoms with Gasteiger partial charge in [0, 0.05) is 6.42 Å². The Hall–Kier alpha value is -2.38. The van der Waals surface area contributed by atoms with Gasteiger partial charge in [0.2, 0.25) is 11.8 Å². The van der Waals surface area contributed by atoms with Gasteiger partial charge in [0.25, 0.3) is 0 Å². The van der Waals surface area contributed by atoms with Gasteiger partial charge in [-0.1, -0.05) is 12.1 Å². The molecule has 0 saturated heterocycles. The van der Waals surface area contributed by atoms with E-state index in [-0.39, 0.29) is 31.0 Å². The number of rotatable bonds is 5. The summed E-state index contributed by atoms with van der Waals surface area (Å²) < 4.78 is 42.5. The summed E-state index contributed by atoms with van der Waals surface area (Å²) in [5, 5.41) is 15.9. The molecule has 1 N–H and O–H groups in total. The number of benzene rings is 1. The van der Waals surface area contributed by atoms with Crippen LogP contribution in [0.2, 0.25) is 0 Å². The van der Waals surface area contributed by atoms with Gasteiger partial charge in [-0.15, -0.1) is 10.2 Å². The lowest BCUT2D eigenvalue weighted by Gasteiger charge is -2.06. The van der Waals surface area contributed by atoms with E-state index < -0.39 is 17.7 Å². The van der Waals surface area contributed by atoms with E-state index in [2.05, 4.69) is 10.2 Å². The number of carboxylic acid groups (broad SMARTS) is 1. The molecule has 0 unspecified atom stereocenters. The number of alkyl halides is 3. The molecule has 0 spiro atoms. The lowest BCUT2D eigenvalue weighted by molar-refractivity contribution is -0.138. The minimum atomic E-state index is -4.37. The maximum Gasteiger partial charge on any atom is 0.416 e. The van der Waals surface area contributed by atoms with E-state index in [1.165, 1.54) is 12.1 Å². The number of carbonyl (C=O) groups is 1. The third-order valence-corrected chi connectivity index (χ3v) is 2.70. The SMILES string of the molecule is O=C(O)CCc1nnc(Cc2ccc(C(F)(F)F)cc2)o1. The molecule has 0 bridgehead atoms. The predicted molar refractivity (Wildman–Crippen MR) is 64.5 cm³/mol. The highest BCUT2D eigenvalue weighted by Gasteiger charge is 2.29. The second kappa shape index (κ2) is 5.94. The highest BCUT2D eigenvalue weighted by atomic mass is 19.4. The second-order valence-corrected chi connectivity index (χ2v) is 4.35. The first kappa shape index (κ1) is 15.0. The molecule has 0 fully saturated rings. The number of hydrogen-bond donors (Lipinski definition) is 1. The van der Waals surface area contributed by atoms with Crippen LogP contribution < -0.4 is 0 Å². The van der Waals surface area contributed by atoms with Gasteiger partial charge in [0.05, 0.1) is 18.4 Å². The number of hydrogen-bond acceptors (Lipinski definition) is 4. The standard InChI is InChI=1S/C13H11F3N2O3/c14-13(15,16)9-3-1-8(2-4-9)7-11-18-17-10(21-11)5-6-12(19)20/h1-4H,5-7H2,(H,19,20). The number of aryl methyl sites for hydroxylation is 1. The highest BCUT2D eigenvalue weighted by Crippen LogP contribution is 2.29. The van der Waals surface area contributed by atoms with Crippen LogP contribution in [0.1, 0.15) is 29.3 Å². The monoisotopic (exact) mass is 300 g/mol. The summed E-state index contributed by atoms with van der Waals surface area (Å²) in [5.41, 5.74) is -0.129. The quantitative estimate of drug-likeness (QED) is 0.918. The fraction of sp³-hybridized carbons (Fsp3) is 0.308. The molecule has 1 aromatic heterocycles. The van der Waals surface area contributed by atoms with Crippen molar-refractivity contribution in [3.05, 3.63) is 47.2 Å². The molecule has 0 saturated carbocycles. The zero-order valence-electron chi connectivity index (χ0n) is 10.7. The fourth-order valence-corrected chi connectivity index (χ4v) is 1.66. The molecule has 5 nitrogen and oxygen atoms in total. The predicted octanol–water partition coefficient (Wildman–Crippen LogP) is 2.70. The van der Waals surface area contributed by atoms with Crippen LogP contribution in [0.4, 0.5) is 13.2 Å². The Labute approximate surface area is 117 Å².